The number of hydrogen-bond donors (Lipinski definition) is 3. The quantitative estimate of drug-likeness (QED) is 0.538. The topological polar surface area (TPSA) is 149 Å². The molecule has 4 N–H and O–H groups in total. The summed E-state index contributed by atoms with van der Waals surface area (Å²) in [4.78, 5) is 37.6. The SMILES string of the molecule is C[C@H](c1cc(Oc2c(Cl)cc(-n3nc(N)c(=O)[nH]c3=O)cc2Cl)n[nH]c1=O)C1CC1. The second-order valence-corrected chi connectivity index (χ2v) is 7.83. The fourth-order valence-electron chi connectivity index (χ4n) is 3.10. The zero-order valence-electron chi connectivity index (χ0n) is 15.6. The lowest BCUT2D eigenvalue weighted by Gasteiger charge is -2.13. The Labute approximate surface area is 178 Å². The van der Waals surface area contributed by atoms with Crippen molar-refractivity contribution in [1.29, 1.82) is 0 Å². The maximum absolute atomic E-state index is 12.1. The minimum atomic E-state index is -0.809. The van der Waals surface area contributed by atoms with Gasteiger partial charge in [0.05, 0.1) is 15.7 Å². The summed E-state index contributed by atoms with van der Waals surface area (Å²) in [7, 11) is 0. The van der Waals surface area contributed by atoms with Crippen molar-refractivity contribution in [3.63, 3.8) is 0 Å². The van der Waals surface area contributed by atoms with Crippen LogP contribution in [-0.2, 0) is 0 Å². The number of benzene rings is 1. The number of nitrogens with one attached hydrogen (secondary N) is 2. The third kappa shape index (κ3) is 3.83. The van der Waals surface area contributed by atoms with E-state index in [0.29, 0.717) is 11.5 Å². The normalized spacial score (nSPS) is 14.5. The van der Waals surface area contributed by atoms with Gasteiger partial charge in [0.2, 0.25) is 11.7 Å². The molecule has 10 nitrogen and oxygen atoms in total. The molecule has 0 bridgehead atoms. The van der Waals surface area contributed by atoms with Crippen LogP contribution in [0.1, 0.15) is 31.2 Å². The number of halogens is 2. The van der Waals surface area contributed by atoms with E-state index in [9.17, 15) is 14.4 Å². The molecule has 30 heavy (non-hydrogen) atoms. The Balaban J connectivity index is 1.69. The van der Waals surface area contributed by atoms with E-state index in [4.69, 9.17) is 33.7 Å². The summed E-state index contributed by atoms with van der Waals surface area (Å²) in [5.74, 6) is 0.366. The first-order chi connectivity index (χ1) is 14.2. The second kappa shape index (κ2) is 7.62. The molecule has 0 saturated heterocycles. The monoisotopic (exact) mass is 450 g/mol. The van der Waals surface area contributed by atoms with E-state index in [-0.39, 0.29) is 38.8 Å². The van der Waals surface area contributed by atoms with Crippen molar-refractivity contribution in [3.8, 4) is 17.3 Å². The summed E-state index contributed by atoms with van der Waals surface area (Å²) in [5.41, 5.74) is 4.34. The Morgan fingerprint density at radius 2 is 1.83 bits per heavy atom. The summed E-state index contributed by atoms with van der Waals surface area (Å²) < 4.78 is 6.57. The van der Waals surface area contributed by atoms with Crippen molar-refractivity contribution in [2.24, 2.45) is 5.92 Å². The van der Waals surface area contributed by atoms with Gasteiger partial charge >= 0.3 is 5.69 Å². The van der Waals surface area contributed by atoms with Crippen LogP contribution in [0.15, 0.2) is 32.6 Å². The Kier molecular flexibility index (Phi) is 5.12. The standard InChI is InChI=1S/C18H16Cl2N6O4/c1-7(8-2-3-8)10-6-13(23-24-16(10)27)30-14-11(19)4-9(5-12(14)20)26-18(29)22-17(28)15(21)25-26/h4-8H,2-3H2,1H3,(H2,21,25)(H,24,27)(H,22,28,29)/t7-/m0/s1. The summed E-state index contributed by atoms with van der Waals surface area (Å²) in [6.45, 7) is 1.99. The average molecular weight is 451 g/mol. The number of nitrogens with zero attached hydrogens (tertiary/aromatic N) is 3. The number of nitrogen functional groups attached to an aromatic ring is 1. The molecule has 1 aliphatic rings. The van der Waals surface area contributed by atoms with Crippen molar-refractivity contribution in [2.75, 3.05) is 5.73 Å². The smallest absolute Gasteiger partial charge is 0.349 e. The summed E-state index contributed by atoms with van der Waals surface area (Å²) in [6.07, 6.45) is 2.17. The fraction of sp³-hybridized carbons (Fsp3) is 0.278. The minimum absolute atomic E-state index is 0.0563. The van der Waals surface area contributed by atoms with Crippen LogP contribution in [0, 0.1) is 5.92 Å². The number of aromatic amines is 2. The van der Waals surface area contributed by atoms with Crippen LogP contribution >= 0.6 is 23.2 Å². The summed E-state index contributed by atoms with van der Waals surface area (Å²) >= 11 is 12.6. The predicted molar refractivity (Wildman–Crippen MR) is 111 cm³/mol. The molecule has 0 amide bonds. The summed E-state index contributed by atoms with van der Waals surface area (Å²) in [5, 5.41) is 10.2. The summed E-state index contributed by atoms with van der Waals surface area (Å²) in [6, 6.07) is 4.31. The third-order valence-corrected chi connectivity index (χ3v) is 5.48. The highest BCUT2D eigenvalue weighted by atomic mass is 35.5. The van der Waals surface area contributed by atoms with Gasteiger partial charge in [-0.15, -0.1) is 10.2 Å². The maximum atomic E-state index is 12.1. The van der Waals surface area contributed by atoms with Crippen molar-refractivity contribution in [3.05, 3.63) is 65.0 Å². The highest BCUT2D eigenvalue weighted by Gasteiger charge is 2.31. The zero-order valence-corrected chi connectivity index (χ0v) is 17.1. The number of rotatable bonds is 5. The van der Waals surface area contributed by atoms with Crippen LogP contribution in [0.2, 0.25) is 10.0 Å². The molecule has 1 aromatic carbocycles. The zero-order chi connectivity index (χ0) is 21.6. The average Bonchev–Trinajstić information content (AvgIpc) is 3.53. The van der Waals surface area contributed by atoms with Gasteiger partial charge in [-0.3, -0.25) is 14.6 Å². The molecule has 1 atom stereocenters. The molecule has 2 heterocycles. The molecule has 1 aliphatic carbocycles. The lowest BCUT2D eigenvalue weighted by molar-refractivity contribution is 0.451. The molecule has 156 valence electrons. The van der Waals surface area contributed by atoms with Crippen molar-refractivity contribution in [2.45, 2.75) is 25.7 Å². The fourth-order valence-corrected chi connectivity index (χ4v) is 3.65. The van der Waals surface area contributed by atoms with Crippen molar-refractivity contribution >= 4 is 29.0 Å². The molecule has 4 rings (SSSR count). The minimum Gasteiger partial charge on any atom is -0.434 e. The third-order valence-electron chi connectivity index (χ3n) is 4.92. The van der Waals surface area contributed by atoms with E-state index in [0.717, 1.165) is 17.5 Å². The Hall–Kier alpha value is -3.11. The van der Waals surface area contributed by atoms with Crippen molar-refractivity contribution < 1.29 is 4.74 Å². The molecule has 2 aromatic heterocycles. The first-order valence-electron chi connectivity index (χ1n) is 9.00. The number of aromatic nitrogens is 5. The van der Waals surface area contributed by atoms with Crippen LogP contribution in [0.5, 0.6) is 11.6 Å². The second-order valence-electron chi connectivity index (χ2n) is 7.01. The molecule has 1 saturated carbocycles. The van der Waals surface area contributed by atoms with Crippen LogP contribution < -0.4 is 27.3 Å². The molecule has 0 aliphatic heterocycles. The largest absolute Gasteiger partial charge is 0.434 e. The Morgan fingerprint density at radius 1 is 1.17 bits per heavy atom. The number of hydrogen-bond acceptors (Lipinski definition) is 7. The van der Waals surface area contributed by atoms with E-state index in [1.54, 1.807) is 6.07 Å². The highest BCUT2D eigenvalue weighted by molar-refractivity contribution is 6.37. The molecule has 1 fully saturated rings. The Bertz CT molecular complexity index is 1290. The van der Waals surface area contributed by atoms with Gasteiger partial charge in [0.1, 0.15) is 0 Å². The Morgan fingerprint density at radius 3 is 2.47 bits per heavy atom. The lowest BCUT2D eigenvalue weighted by Crippen LogP contribution is -2.33. The van der Waals surface area contributed by atoms with Gasteiger partial charge in [0.15, 0.2) is 5.75 Å². The van der Waals surface area contributed by atoms with Gasteiger partial charge in [0.25, 0.3) is 11.1 Å². The number of nitrogens with two attached hydrogens (primary N) is 1. The van der Waals surface area contributed by atoms with Gasteiger partial charge in [-0.1, -0.05) is 30.1 Å². The first-order valence-corrected chi connectivity index (χ1v) is 9.76. The van der Waals surface area contributed by atoms with Crippen LogP contribution in [-0.4, -0.2) is 25.0 Å². The molecule has 0 unspecified atom stereocenters. The van der Waals surface area contributed by atoms with E-state index in [2.05, 4.69) is 15.3 Å². The van der Waals surface area contributed by atoms with E-state index in [1.165, 1.54) is 12.1 Å². The number of H-pyrrole nitrogens is 2. The van der Waals surface area contributed by atoms with Crippen LogP contribution in [0.25, 0.3) is 5.69 Å². The maximum Gasteiger partial charge on any atom is 0.349 e. The van der Waals surface area contributed by atoms with Crippen molar-refractivity contribution in [1.82, 2.24) is 25.0 Å². The van der Waals surface area contributed by atoms with Crippen LogP contribution in [0.3, 0.4) is 0 Å². The molecule has 3 aromatic rings. The highest BCUT2D eigenvalue weighted by Crippen LogP contribution is 2.42. The number of ether oxygens (including phenoxy) is 1. The van der Waals surface area contributed by atoms with E-state index in [1.807, 2.05) is 11.9 Å². The van der Waals surface area contributed by atoms with Crippen LogP contribution in [0.4, 0.5) is 5.82 Å². The molecular formula is C18H16Cl2N6O4. The van der Waals surface area contributed by atoms with Gasteiger partial charge in [-0.2, -0.15) is 4.68 Å². The molecule has 12 heteroatoms. The van der Waals surface area contributed by atoms with Gasteiger partial charge < -0.3 is 10.5 Å². The molecular weight excluding hydrogens is 435 g/mol. The molecule has 0 radical (unpaired) electrons. The first kappa shape index (κ1) is 20.2. The number of anilines is 1. The molecule has 0 spiro atoms. The van der Waals surface area contributed by atoms with Gasteiger partial charge in [-0.25, -0.2) is 9.89 Å². The predicted octanol–water partition coefficient (Wildman–Crippen LogP) is 2.20. The van der Waals surface area contributed by atoms with E-state index >= 15 is 0 Å². The van der Waals surface area contributed by atoms with Gasteiger partial charge in [-0.05, 0) is 36.8 Å². The van der Waals surface area contributed by atoms with Gasteiger partial charge in [0, 0.05) is 11.6 Å². The van der Waals surface area contributed by atoms with E-state index < -0.39 is 17.1 Å². The lowest BCUT2D eigenvalue weighted by atomic mass is 9.98.